The van der Waals surface area contributed by atoms with E-state index in [0.29, 0.717) is 0 Å². The molecule has 1 fully saturated rings. The van der Waals surface area contributed by atoms with E-state index in [-0.39, 0.29) is 6.42 Å². The van der Waals surface area contributed by atoms with Crippen molar-refractivity contribution in [3.63, 3.8) is 0 Å². The predicted octanol–water partition coefficient (Wildman–Crippen LogP) is 0.523. The van der Waals surface area contributed by atoms with E-state index in [2.05, 4.69) is 5.32 Å². The number of hydrogen-bond acceptors (Lipinski definition) is 3. The van der Waals surface area contributed by atoms with Crippen LogP contribution in [0, 0.1) is 0 Å². The summed E-state index contributed by atoms with van der Waals surface area (Å²) >= 11 is 0. The summed E-state index contributed by atoms with van der Waals surface area (Å²) < 4.78 is 0. The molecule has 0 saturated carbocycles. The van der Waals surface area contributed by atoms with Gasteiger partial charge in [0, 0.05) is 5.70 Å². The summed E-state index contributed by atoms with van der Waals surface area (Å²) in [7, 11) is 0. The summed E-state index contributed by atoms with van der Waals surface area (Å²) in [5.74, 6) is -0.943. The van der Waals surface area contributed by atoms with Crippen LogP contribution < -0.4 is 5.32 Å². The molecule has 0 aromatic heterocycles. The Kier molecular flexibility index (Phi) is 2.07. The van der Waals surface area contributed by atoms with Crippen molar-refractivity contribution < 1.29 is 14.4 Å². The third kappa shape index (κ3) is 1.41. The van der Waals surface area contributed by atoms with Gasteiger partial charge in [-0.3, -0.25) is 14.9 Å². The van der Waals surface area contributed by atoms with Crippen LogP contribution in [0.15, 0.2) is 11.8 Å². The van der Waals surface area contributed by atoms with Crippen molar-refractivity contribution in [2.45, 2.75) is 25.7 Å². The van der Waals surface area contributed by atoms with Crippen LogP contribution in [-0.4, -0.2) is 22.7 Å². The van der Waals surface area contributed by atoms with E-state index in [9.17, 15) is 14.4 Å². The van der Waals surface area contributed by atoms with Crippen molar-refractivity contribution in [2.75, 3.05) is 0 Å². The zero-order valence-corrected chi connectivity index (χ0v) is 7.58. The summed E-state index contributed by atoms with van der Waals surface area (Å²) in [6, 6.07) is -0.612. The van der Waals surface area contributed by atoms with Crippen molar-refractivity contribution in [1.29, 1.82) is 0 Å². The summed E-state index contributed by atoms with van der Waals surface area (Å²) in [6.45, 7) is 0. The van der Waals surface area contributed by atoms with Crippen LogP contribution in [0.4, 0.5) is 4.79 Å². The van der Waals surface area contributed by atoms with Gasteiger partial charge in [0.15, 0.2) is 0 Å². The average molecular weight is 194 g/mol. The van der Waals surface area contributed by atoms with E-state index < -0.39 is 17.8 Å². The third-order valence-electron chi connectivity index (χ3n) is 2.31. The number of rotatable bonds is 1. The zero-order chi connectivity index (χ0) is 10.1. The molecule has 1 saturated heterocycles. The fraction of sp³-hybridized carbons (Fsp3) is 0.444. The number of urea groups is 1. The molecular formula is C9H10N2O3. The summed E-state index contributed by atoms with van der Waals surface area (Å²) in [5.41, 5.74) is 0.722. The monoisotopic (exact) mass is 194 g/mol. The van der Waals surface area contributed by atoms with E-state index in [1.807, 2.05) is 6.08 Å². The predicted molar refractivity (Wildman–Crippen MR) is 46.9 cm³/mol. The molecule has 5 heteroatoms. The Balaban J connectivity index is 2.21. The summed E-state index contributed by atoms with van der Waals surface area (Å²) in [6.07, 6.45) is 4.21. The van der Waals surface area contributed by atoms with Crippen LogP contribution in [-0.2, 0) is 9.59 Å². The number of hydrogen-bond donors (Lipinski definition) is 1. The number of carbonyl (C=O) groups is 3. The van der Waals surface area contributed by atoms with E-state index in [1.54, 1.807) is 0 Å². The molecule has 0 atom stereocenters. The van der Waals surface area contributed by atoms with Gasteiger partial charge >= 0.3 is 6.03 Å². The van der Waals surface area contributed by atoms with Crippen molar-refractivity contribution in [1.82, 2.24) is 10.2 Å². The first kappa shape index (κ1) is 8.93. The van der Waals surface area contributed by atoms with Crippen LogP contribution in [0.3, 0.4) is 0 Å². The zero-order valence-electron chi connectivity index (χ0n) is 7.58. The van der Waals surface area contributed by atoms with Gasteiger partial charge in [0.25, 0.3) is 0 Å². The fourth-order valence-corrected chi connectivity index (χ4v) is 1.70. The lowest BCUT2D eigenvalue weighted by atomic mass is 10.2. The highest BCUT2D eigenvalue weighted by atomic mass is 16.2. The molecule has 0 aromatic carbocycles. The molecule has 0 spiro atoms. The topological polar surface area (TPSA) is 66.5 Å². The van der Waals surface area contributed by atoms with Gasteiger partial charge in [0.2, 0.25) is 11.8 Å². The average Bonchev–Trinajstić information content (AvgIpc) is 2.54. The highest BCUT2D eigenvalue weighted by Gasteiger charge is 2.33. The Bertz CT molecular complexity index is 326. The molecule has 2 rings (SSSR count). The highest BCUT2D eigenvalue weighted by Crippen LogP contribution is 2.23. The number of imide groups is 2. The minimum absolute atomic E-state index is 0.233. The van der Waals surface area contributed by atoms with E-state index in [4.69, 9.17) is 0 Å². The summed E-state index contributed by atoms with van der Waals surface area (Å²) in [4.78, 5) is 34.7. The second-order valence-corrected chi connectivity index (χ2v) is 3.35. The van der Waals surface area contributed by atoms with Gasteiger partial charge < -0.3 is 0 Å². The maximum absolute atomic E-state index is 11.4. The molecule has 74 valence electrons. The highest BCUT2D eigenvalue weighted by molar-refractivity contribution is 6.15. The minimum Gasteiger partial charge on any atom is -0.277 e. The molecule has 1 aliphatic heterocycles. The quantitative estimate of drug-likeness (QED) is 0.619. The lowest BCUT2D eigenvalue weighted by Gasteiger charge is -2.25. The van der Waals surface area contributed by atoms with Gasteiger partial charge in [-0.25, -0.2) is 9.69 Å². The maximum atomic E-state index is 11.4. The molecule has 14 heavy (non-hydrogen) atoms. The number of nitrogens with zero attached hydrogens (tertiary/aromatic N) is 1. The number of nitrogens with one attached hydrogen (secondary N) is 1. The Morgan fingerprint density at radius 3 is 2.64 bits per heavy atom. The molecule has 1 aliphatic carbocycles. The van der Waals surface area contributed by atoms with E-state index in [0.717, 1.165) is 29.9 Å². The first-order valence-corrected chi connectivity index (χ1v) is 4.54. The molecule has 2 aliphatic rings. The number of amides is 4. The number of barbiturate groups is 1. The van der Waals surface area contributed by atoms with Crippen LogP contribution in [0.25, 0.3) is 0 Å². The Morgan fingerprint density at radius 1 is 1.29 bits per heavy atom. The van der Waals surface area contributed by atoms with Crippen molar-refractivity contribution in [2.24, 2.45) is 0 Å². The van der Waals surface area contributed by atoms with Crippen LogP contribution in [0.5, 0.6) is 0 Å². The van der Waals surface area contributed by atoms with Crippen LogP contribution >= 0.6 is 0 Å². The normalized spacial score (nSPS) is 22.4. The molecule has 0 unspecified atom stereocenters. The second kappa shape index (κ2) is 3.25. The smallest absolute Gasteiger partial charge is 0.277 e. The lowest BCUT2D eigenvalue weighted by molar-refractivity contribution is -0.135. The molecule has 1 heterocycles. The summed E-state index contributed by atoms with van der Waals surface area (Å²) in [5, 5.41) is 2.12. The lowest BCUT2D eigenvalue weighted by Crippen LogP contribution is -2.51. The fourth-order valence-electron chi connectivity index (χ4n) is 1.70. The first-order valence-electron chi connectivity index (χ1n) is 4.54. The first-order chi connectivity index (χ1) is 6.68. The molecule has 0 aromatic rings. The van der Waals surface area contributed by atoms with Crippen molar-refractivity contribution >= 4 is 17.8 Å². The van der Waals surface area contributed by atoms with Gasteiger partial charge in [-0.15, -0.1) is 0 Å². The Morgan fingerprint density at radius 2 is 2.07 bits per heavy atom. The second-order valence-electron chi connectivity index (χ2n) is 3.35. The molecule has 5 nitrogen and oxygen atoms in total. The SMILES string of the molecule is O=C1CC(=O)N(C2=CCCC2)C(=O)N1. The molecular weight excluding hydrogens is 184 g/mol. The Labute approximate surface area is 80.8 Å². The van der Waals surface area contributed by atoms with Crippen LogP contribution in [0.1, 0.15) is 25.7 Å². The van der Waals surface area contributed by atoms with Gasteiger partial charge in [-0.05, 0) is 19.3 Å². The van der Waals surface area contributed by atoms with Crippen molar-refractivity contribution in [3.8, 4) is 0 Å². The molecule has 0 radical (unpaired) electrons. The largest absolute Gasteiger partial charge is 0.335 e. The van der Waals surface area contributed by atoms with E-state index in [1.165, 1.54) is 0 Å². The molecule has 1 N–H and O–H groups in total. The van der Waals surface area contributed by atoms with Gasteiger partial charge in [-0.2, -0.15) is 0 Å². The van der Waals surface area contributed by atoms with E-state index >= 15 is 0 Å². The van der Waals surface area contributed by atoms with Crippen LogP contribution in [0.2, 0.25) is 0 Å². The standard InChI is InChI=1S/C9H10N2O3/c12-7-5-8(13)11(9(14)10-7)6-3-1-2-4-6/h3H,1-2,4-5H2,(H,10,12,14). The molecule has 4 amide bonds. The van der Waals surface area contributed by atoms with Gasteiger partial charge in [-0.1, -0.05) is 6.08 Å². The Hall–Kier alpha value is -1.65. The van der Waals surface area contributed by atoms with Crippen molar-refractivity contribution in [3.05, 3.63) is 11.8 Å². The number of carbonyl (C=O) groups excluding carboxylic acids is 3. The van der Waals surface area contributed by atoms with Gasteiger partial charge in [0.1, 0.15) is 6.42 Å². The third-order valence-corrected chi connectivity index (χ3v) is 2.31. The number of allylic oxidation sites excluding steroid dienone is 2. The van der Waals surface area contributed by atoms with Gasteiger partial charge in [0.05, 0.1) is 0 Å². The minimum atomic E-state index is -0.612. The maximum Gasteiger partial charge on any atom is 0.335 e. The molecule has 0 bridgehead atoms.